The fourth-order valence-electron chi connectivity index (χ4n) is 1.51. The van der Waals surface area contributed by atoms with E-state index in [1.807, 2.05) is 0 Å². The molecule has 0 bridgehead atoms. The molecule has 0 aliphatic heterocycles. The van der Waals surface area contributed by atoms with Gasteiger partial charge in [0.2, 0.25) is 19.7 Å². The van der Waals surface area contributed by atoms with Gasteiger partial charge in [-0.15, -0.1) is 0 Å². The largest absolute Gasteiger partial charge is 0.504 e. The maximum Gasteiger partial charge on any atom is 0.218 e. The van der Waals surface area contributed by atoms with Crippen LogP contribution >= 0.6 is 0 Å². The van der Waals surface area contributed by atoms with Crippen LogP contribution in [0, 0.1) is 0 Å². The van der Waals surface area contributed by atoms with Gasteiger partial charge in [0.1, 0.15) is 0 Å². The zero-order valence-corrected chi connectivity index (χ0v) is 13.1. The van der Waals surface area contributed by atoms with E-state index in [4.69, 9.17) is 4.74 Å². The Balaban J connectivity index is 3.51. The average Bonchev–Trinajstić information content (AvgIpc) is 2.47. The summed E-state index contributed by atoms with van der Waals surface area (Å²) in [5.41, 5.74) is -0.00898. The Morgan fingerprint density at radius 1 is 1.18 bits per heavy atom. The highest BCUT2D eigenvalue weighted by molar-refractivity contribution is 8.14. The molecular formula is C12H14F2O6S2. The van der Waals surface area contributed by atoms with Crippen LogP contribution in [-0.2, 0) is 19.7 Å². The first-order valence-corrected chi connectivity index (χ1v) is 9.23. The molecule has 0 amide bonds. The van der Waals surface area contributed by atoms with Gasteiger partial charge in [-0.25, -0.2) is 25.6 Å². The lowest BCUT2D eigenvalue weighted by Crippen LogP contribution is -2.16. The van der Waals surface area contributed by atoms with Gasteiger partial charge < -0.3 is 9.84 Å². The van der Waals surface area contributed by atoms with Gasteiger partial charge in [-0.05, 0) is 30.7 Å². The van der Waals surface area contributed by atoms with Crippen LogP contribution in [0.1, 0.15) is 12.5 Å². The van der Waals surface area contributed by atoms with Gasteiger partial charge in [-0.3, -0.25) is 0 Å². The van der Waals surface area contributed by atoms with Crippen LogP contribution in [0.4, 0.5) is 8.78 Å². The summed E-state index contributed by atoms with van der Waals surface area (Å²) in [7, 11) is -9.60. The number of hydrogen-bond donors (Lipinski definition) is 1. The summed E-state index contributed by atoms with van der Waals surface area (Å²) < 4.78 is 74.9. The van der Waals surface area contributed by atoms with Gasteiger partial charge in [0, 0.05) is 0 Å². The van der Waals surface area contributed by atoms with Gasteiger partial charge in [-0.2, -0.15) is 0 Å². The minimum absolute atomic E-state index is 0.00898. The molecule has 0 radical (unpaired) electrons. The van der Waals surface area contributed by atoms with Crippen LogP contribution in [-0.4, -0.2) is 40.6 Å². The van der Waals surface area contributed by atoms with Crippen LogP contribution in [0.15, 0.2) is 22.4 Å². The second kappa shape index (κ2) is 7.05. The first-order valence-electron chi connectivity index (χ1n) is 5.93. The molecule has 0 atom stereocenters. The van der Waals surface area contributed by atoms with Crippen molar-refractivity contribution in [3.05, 3.63) is 28.0 Å². The van der Waals surface area contributed by atoms with Crippen molar-refractivity contribution in [2.75, 3.05) is 18.6 Å². The molecule has 1 aromatic rings. The van der Waals surface area contributed by atoms with Gasteiger partial charge in [-0.1, -0.05) is 6.07 Å². The minimum Gasteiger partial charge on any atom is -0.504 e. The number of hydrogen-bond acceptors (Lipinski definition) is 6. The Hall–Kier alpha value is -1.68. The van der Waals surface area contributed by atoms with Crippen molar-refractivity contribution in [1.29, 1.82) is 0 Å². The molecule has 22 heavy (non-hydrogen) atoms. The smallest absolute Gasteiger partial charge is 0.218 e. The highest BCUT2D eigenvalue weighted by Crippen LogP contribution is 2.29. The number of rotatable bonds is 7. The van der Waals surface area contributed by atoms with E-state index < -0.39 is 35.9 Å². The van der Waals surface area contributed by atoms with E-state index in [-0.39, 0.29) is 23.7 Å². The predicted molar refractivity (Wildman–Crippen MR) is 77.0 cm³/mol. The summed E-state index contributed by atoms with van der Waals surface area (Å²) in [5.74, 6) is -0.270. The second-order valence-corrected chi connectivity index (χ2v) is 8.10. The zero-order chi connectivity index (χ0) is 17.0. The van der Waals surface area contributed by atoms with Crippen LogP contribution < -0.4 is 4.74 Å². The SMILES string of the molecule is CCOc1cc(C=C(S(=O)(=O)CF)S(=O)(=O)CF)ccc1O. The van der Waals surface area contributed by atoms with Crippen molar-refractivity contribution in [2.24, 2.45) is 0 Å². The lowest BCUT2D eigenvalue weighted by atomic mass is 10.2. The normalized spacial score (nSPS) is 12.0. The van der Waals surface area contributed by atoms with Crippen molar-refractivity contribution in [3.63, 3.8) is 0 Å². The third-order valence-electron chi connectivity index (χ3n) is 2.47. The van der Waals surface area contributed by atoms with Crippen molar-refractivity contribution in [2.45, 2.75) is 6.92 Å². The number of alkyl halides is 2. The number of ether oxygens (including phenoxy) is 1. The summed E-state index contributed by atoms with van der Waals surface area (Å²) in [6.45, 7) is 1.83. The molecule has 124 valence electrons. The molecule has 0 saturated heterocycles. The zero-order valence-electron chi connectivity index (χ0n) is 11.5. The molecule has 10 heteroatoms. The fraction of sp³-hybridized carbons (Fsp3) is 0.333. The fourth-order valence-corrected chi connectivity index (χ4v) is 4.17. The maximum absolute atomic E-state index is 12.6. The standard InChI is InChI=1S/C12H14F2O6S2/c1-2-20-11-5-9(3-4-10(11)15)6-12(21(16,17)7-13)22(18,19)8-14/h3-6,15H,2,7-8H2,1H3. The van der Waals surface area contributed by atoms with E-state index in [0.717, 1.165) is 12.1 Å². The highest BCUT2D eigenvalue weighted by atomic mass is 32.3. The molecule has 0 aliphatic rings. The summed E-state index contributed by atoms with van der Waals surface area (Å²) in [4.78, 5) is 0. The number of sulfone groups is 2. The average molecular weight is 356 g/mol. The Labute approximate surface area is 126 Å². The molecule has 0 spiro atoms. The minimum atomic E-state index is -4.80. The summed E-state index contributed by atoms with van der Waals surface area (Å²) in [6, 6.07) is -0.485. The van der Waals surface area contributed by atoms with Crippen LogP contribution in [0.3, 0.4) is 0 Å². The Morgan fingerprint density at radius 2 is 1.73 bits per heavy atom. The first kappa shape index (κ1) is 18.4. The molecule has 0 aliphatic carbocycles. The van der Waals surface area contributed by atoms with E-state index in [2.05, 4.69) is 0 Å². The van der Waals surface area contributed by atoms with Gasteiger partial charge in [0.05, 0.1) is 6.61 Å². The molecule has 0 heterocycles. The Morgan fingerprint density at radius 3 is 2.18 bits per heavy atom. The molecule has 1 aromatic carbocycles. The van der Waals surface area contributed by atoms with Gasteiger partial charge in [0.15, 0.2) is 27.7 Å². The number of benzene rings is 1. The summed E-state index contributed by atoms with van der Waals surface area (Å²) in [5, 5.41) is 9.51. The van der Waals surface area contributed by atoms with Crippen molar-refractivity contribution in [1.82, 2.24) is 0 Å². The van der Waals surface area contributed by atoms with E-state index in [1.165, 1.54) is 6.07 Å². The number of phenols is 1. The molecule has 0 fully saturated rings. The molecular weight excluding hydrogens is 342 g/mol. The van der Waals surface area contributed by atoms with Crippen molar-refractivity contribution in [3.8, 4) is 11.5 Å². The van der Waals surface area contributed by atoms with Crippen LogP contribution in [0.25, 0.3) is 6.08 Å². The van der Waals surface area contributed by atoms with Crippen LogP contribution in [0.5, 0.6) is 11.5 Å². The number of aromatic hydroxyl groups is 1. The summed E-state index contributed by atoms with van der Waals surface area (Å²) >= 11 is 0. The van der Waals surface area contributed by atoms with Gasteiger partial charge in [0.25, 0.3) is 0 Å². The number of phenolic OH excluding ortho intramolecular Hbond substituents is 1. The molecule has 0 saturated carbocycles. The molecule has 0 unspecified atom stereocenters. The maximum atomic E-state index is 12.6. The van der Waals surface area contributed by atoms with E-state index in [0.29, 0.717) is 6.08 Å². The lowest BCUT2D eigenvalue weighted by Gasteiger charge is -2.08. The third-order valence-corrected chi connectivity index (χ3v) is 6.03. The third kappa shape index (κ3) is 4.17. The molecule has 1 rings (SSSR count). The van der Waals surface area contributed by atoms with Crippen LogP contribution in [0.2, 0.25) is 0 Å². The van der Waals surface area contributed by atoms with E-state index in [1.54, 1.807) is 6.92 Å². The molecule has 1 N–H and O–H groups in total. The topological polar surface area (TPSA) is 97.7 Å². The number of halogens is 2. The van der Waals surface area contributed by atoms with Crippen molar-refractivity contribution >= 4 is 25.8 Å². The second-order valence-electron chi connectivity index (χ2n) is 4.07. The van der Waals surface area contributed by atoms with Crippen molar-refractivity contribution < 1.29 is 35.5 Å². The Kier molecular flexibility index (Phi) is 5.89. The highest BCUT2D eigenvalue weighted by Gasteiger charge is 2.30. The molecule has 6 nitrogen and oxygen atoms in total. The van der Waals surface area contributed by atoms with E-state index in [9.17, 15) is 30.7 Å². The molecule has 0 aromatic heterocycles. The first-order chi connectivity index (χ1) is 10.2. The van der Waals surface area contributed by atoms with Gasteiger partial charge >= 0.3 is 0 Å². The Bertz CT molecular complexity index is 733. The van der Waals surface area contributed by atoms with E-state index >= 15 is 0 Å². The summed E-state index contributed by atoms with van der Waals surface area (Å²) in [6.07, 6.45) is 0.617. The lowest BCUT2D eigenvalue weighted by molar-refractivity contribution is 0.318. The quantitative estimate of drug-likeness (QED) is 0.800. The predicted octanol–water partition coefficient (Wildman–Crippen LogP) is 1.77. The monoisotopic (exact) mass is 356 g/mol.